The zero-order valence-electron chi connectivity index (χ0n) is 18.9. The smallest absolute Gasteiger partial charge is 0.272 e. The summed E-state index contributed by atoms with van der Waals surface area (Å²) in [6.07, 6.45) is 7.48. The summed E-state index contributed by atoms with van der Waals surface area (Å²) >= 11 is 6.03. The van der Waals surface area contributed by atoms with Crippen molar-refractivity contribution < 1.29 is 9.59 Å². The molecule has 2 aromatic heterocycles. The number of halogens is 1. The number of nitrogens with zero attached hydrogens (tertiary/aromatic N) is 5. The van der Waals surface area contributed by atoms with Crippen molar-refractivity contribution in [2.24, 2.45) is 0 Å². The molecule has 1 aromatic carbocycles. The molecule has 0 saturated carbocycles. The van der Waals surface area contributed by atoms with Crippen molar-refractivity contribution in [1.82, 2.24) is 19.7 Å². The van der Waals surface area contributed by atoms with Gasteiger partial charge in [0.05, 0.1) is 11.7 Å². The number of anilines is 1. The Morgan fingerprint density at radius 3 is 2.58 bits per heavy atom. The van der Waals surface area contributed by atoms with E-state index in [1.807, 2.05) is 35.0 Å². The summed E-state index contributed by atoms with van der Waals surface area (Å²) in [4.78, 5) is 33.5. The predicted octanol–water partition coefficient (Wildman–Crippen LogP) is 4.84. The van der Waals surface area contributed by atoms with Crippen LogP contribution < -0.4 is 4.90 Å². The summed E-state index contributed by atoms with van der Waals surface area (Å²) in [6.45, 7) is 2.65. The van der Waals surface area contributed by atoms with E-state index in [9.17, 15) is 9.59 Å². The third-order valence-corrected chi connectivity index (χ3v) is 6.30. The normalized spacial score (nSPS) is 15.4. The van der Waals surface area contributed by atoms with Crippen molar-refractivity contribution in [2.45, 2.75) is 38.6 Å². The van der Waals surface area contributed by atoms with Gasteiger partial charge in [0.1, 0.15) is 12.2 Å². The number of likely N-dealkylation sites (N-methyl/N-ethyl adjacent to an activating group) is 1. The first-order valence-corrected chi connectivity index (χ1v) is 11.7. The molecule has 0 spiro atoms. The van der Waals surface area contributed by atoms with Crippen molar-refractivity contribution in [2.75, 3.05) is 25.0 Å². The van der Waals surface area contributed by atoms with Crippen LogP contribution in [-0.4, -0.2) is 51.6 Å². The molecule has 0 fully saturated rings. The molecule has 0 bridgehead atoms. The molecule has 1 aliphatic heterocycles. The number of aromatic nitrogens is 3. The van der Waals surface area contributed by atoms with Crippen molar-refractivity contribution in [3.8, 4) is 11.3 Å². The van der Waals surface area contributed by atoms with Gasteiger partial charge in [0, 0.05) is 42.3 Å². The van der Waals surface area contributed by atoms with Gasteiger partial charge in [-0.2, -0.15) is 5.10 Å². The van der Waals surface area contributed by atoms with E-state index in [4.69, 9.17) is 16.7 Å². The summed E-state index contributed by atoms with van der Waals surface area (Å²) in [5.41, 5.74) is 2.90. The Hall–Kier alpha value is -3.19. The van der Waals surface area contributed by atoms with Crippen LogP contribution in [0.1, 0.15) is 49.1 Å². The first-order chi connectivity index (χ1) is 16.0. The lowest BCUT2D eigenvalue weighted by Crippen LogP contribution is -2.48. The topological polar surface area (TPSA) is 71.3 Å². The Kier molecular flexibility index (Phi) is 7.08. The van der Waals surface area contributed by atoms with Crippen LogP contribution >= 0.6 is 11.6 Å². The molecule has 0 saturated heterocycles. The summed E-state index contributed by atoms with van der Waals surface area (Å²) < 4.78 is 1.86. The lowest BCUT2D eigenvalue weighted by molar-refractivity contribution is -0.119. The minimum atomic E-state index is -0.175. The molecule has 0 radical (unpaired) electrons. The lowest BCUT2D eigenvalue weighted by Gasteiger charge is -2.34. The van der Waals surface area contributed by atoms with Crippen molar-refractivity contribution in [1.29, 1.82) is 0 Å². The Bertz CT molecular complexity index is 1110. The number of fused-ring (bicyclic) bond motifs is 1. The van der Waals surface area contributed by atoms with Crippen molar-refractivity contribution >= 4 is 29.1 Å². The van der Waals surface area contributed by atoms with Crippen LogP contribution in [-0.2, 0) is 4.79 Å². The molecular weight excluding hydrogens is 438 g/mol. The van der Waals surface area contributed by atoms with E-state index in [-0.39, 0.29) is 24.4 Å². The van der Waals surface area contributed by atoms with E-state index in [0.29, 0.717) is 17.3 Å². The molecule has 4 rings (SSSR count). The molecule has 1 aliphatic rings. The number of carbonyl (C=O) groups is 2. The second-order valence-corrected chi connectivity index (χ2v) is 8.80. The van der Waals surface area contributed by atoms with Crippen LogP contribution in [0.5, 0.6) is 0 Å². The maximum absolute atomic E-state index is 13.3. The van der Waals surface area contributed by atoms with Gasteiger partial charge in [-0.05, 0) is 36.8 Å². The SMILES string of the molecule is CCCCCC1CN(CC(=O)N(C)c2ccncc2)C(=O)c2cc(-c3ccc(Cl)cc3)nn21. The van der Waals surface area contributed by atoms with Gasteiger partial charge in [-0.3, -0.25) is 19.3 Å². The molecule has 1 unspecified atom stereocenters. The Morgan fingerprint density at radius 2 is 1.88 bits per heavy atom. The highest BCUT2D eigenvalue weighted by Gasteiger charge is 2.34. The predicted molar refractivity (Wildman–Crippen MR) is 129 cm³/mol. The summed E-state index contributed by atoms with van der Waals surface area (Å²) in [5, 5.41) is 5.43. The van der Waals surface area contributed by atoms with Gasteiger partial charge in [-0.15, -0.1) is 0 Å². The lowest BCUT2D eigenvalue weighted by atomic mass is 10.0. The average Bonchev–Trinajstić information content (AvgIpc) is 3.28. The number of amides is 2. The number of rotatable bonds is 8. The molecule has 8 heteroatoms. The molecule has 172 valence electrons. The van der Waals surface area contributed by atoms with Gasteiger partial charge in [0.25, 0.3) is 5.91 Å². The molecule has 1 atom stereocenters. The molecule has 0 N–H and O–H groups in total. The van der Waals surface area contributed by atoms with Crippen molar-refractivity contribution in [3.05, 3.63) is 65.6 Å². The minimum Gasteiger partial charge on any atom is -0.326 e. The average molecular weight is 466 g/mol. The van der Waals surface area contributed by atoms with Gasteiger partial charge >= 0.3 is 0 Å². The first-order valence-electron chi connectivity index (χ1n) is 11.3. The largest absolute Gasteiger partial charge is 0.326 e. The Balaban J connectivity index is 1.59. The van der Waals surface area contributed by atoms with Crippen LogP contribution in [0.2, 0.25) is 5.02 Å². The Morgan fingerprint density at radius 1 is 1.15 bits per heavy atom. The third-order valence-electron chi connectivity index (χ3n) is 6.05. The van der Waals surface area contributed by atoms with Gasteiger partial charge in [-0.1, -0.05) is 49.9 Å². The number of unbranched alkanes of at least 4 members (excludes halogenated alkanes) is 2. The number of pyridine rings is 1. The van der Waals surface area contributed by atoms with Crippen LogP contribution in [0.25, 0.3) is 11.3 Å². The van der Waals surface area contributed by atoms with Gasteiger partial charge in [-0.25, -0.2) is 0 Å². The van der Waals surface area contributed by atoms with Gasteiger partial charge in [0.15, 0.2) is 0 Å². The second kappa shape index (κ2) is 10.2. The number of benzene rings is 1. The van der Waals surface area contributed by atoms with E-state index in [1.165, 1.54) is 0 Å². The highest BCUT2D eigenvalue weighted by atomic mass is 35.5. The monoisotopic (exact) mass is 465 g/mol. The second-order valence-electron chi connectivity index (χ2n) is 8.36. The standard InChI is InChI=1S/C25H28ClN5O2/c1-3-4-5-6-21-16-30(17-24(32)29(2)20-11-13-27-14-12-20)25(33)23-15-22(28-31(21)23)18-7-9-19(26)10-8-18/h7-15,21H,3-6,16-17H2,1-2H3. The maximum Gasteiger partial charge on any atom is 0.272 e. The molecule has 3 heterocycles. The quantitative estimate of drug-likeness (QED) is 0.446. The maximum atomic E-state index is 13.3. The van der Waals surface area contributed by atoms with E-state index in [2.05, 4.69) is 11.9 Å². The molecule has 33 heavy (non-hydrogen) atoms. The zero-order chi connectivity index (χ0) is 23.4. The molecular formula is C25H28ClN5O2. The summed E-state index contributed by atoms with van der Waals surface area (Å²) in [5.74, 6) is -0.321. The Labute approximate surface area is 199 Å². The zero-order valence-corrected chi connectivity index (χ0v) is 19.7. The van der Waals surface area contributed by atoms with Crippen LogP contribution in [0, 0.1) is 0 Å². The first kappa shape index (κ1) is 23.0. The molecule has 3 aromatic rings. The molecule has 7 nitrogen and oxygen atoms in total. The van der Waals surface area contributed by atoms with E-state index in [1.54, 1.807) is 41.4 Å². The fraction of sp³-hybridized carbons (Fsp3) is 0.360. The number of hydrogen-bond acceptors (Lipinski definition) is 4. The van der Waals surface area contributed by atoms with Crippen LogP contribution in [0.3, 0.4) is 0 Å². The van der Waals surface area contributed by atoms with E-state index in [0.717, 1.165) is 42.6 Å². The van der Waals surface area contributed by atoms with Gasteiger partial charge in [0.2, 0.25) is 5.91 Å². The molecule has 0 aliphatic carbocycles. The number of hydrogen-bond donors (Lipinski definition) is 0. The number of carbonyl (C=O) groups excluding carboxylic acids is 2. The van der Waals surface area contributed by atoms with E-state index >= 15 is 0 Å². The van der Waals surface area contributed by atoms with Crippen LogP contribution in [0.15, 0.2) is 54.9 Å². The highest BCUT2D eigenvalue weighted by Crippen LogP contribution is 2.30. The van der Waals surface area contributed by atoms with Crippen molar-refractivity contribution in [3.63, 3.8) is 0 Å². The molecule has 2 amide bonds. The minimum absolute atomic E-state index is 0.0173. The van der Waals surface area contributed by atoms with Crippen LogP contribution in [0.4, 0.5) is 5.69 Å². The highest BCUT2D eigenvalue weighted by molar-refractivity contribution is 6.30. The van der Waals surface area contributed by atoms with Gasteiger partial charge < -0.3 is 9.80 Å². The third kappa shape index (κ3) is 5.09. The fourth-order valence-electron chi connectivity index (χ4n) is 4.13. The van der Waals surface area contributed by atoms with E-state index < -0.39 is 0 Å². The summed E-state index contributed by atoms with van der Waals surface area (Å²) in [7, 11) is 1.72. The fourth-order valence-corrected chi connectivity index (χ4v) is 4.26. The summed E-state index contributed by atoms with van der Waals surface area (Å²) in [6, 6.07) is 12.8.